The van der Waals surface area contributed by atoms with Crippen LogP contribution in [0.25, 0.3) is 0 Å². The van der Waals surface area contributed by atoms with Crippen molar-refractivity contribution in [3.63, 3.8) is 0 Å². The molecule has 0 N–H and O–H groups in total. The van der Waals surface area contributed by atoms with E-state index in [0.717, 1.165) is 6.42 Å². The SMILES string of the molecule is CC(C)Cc1cc(CC(C)C)c(CC(C)C)c(CC(C)c2cc(CC(C)C)cc(CC(C)C)c2CC(C)C)c1. The summed E-state index contributed by atoms with van der Waals surface area (Å²) in [5.74, 6) is 4.58. The molecule has 0 aliphatic heterocycles. The Morgan fingerprint density at radius 2 is 0.692 bits per heavy atom. The molecule has 0 heteroatoms. The third kappa shape index (κ3) is 11.1. The second-order valence-corrected chi connectivity index (χ2v) is 15.4. The van der Waals surface area contributed by atoms with Crippen LogP contribution in [0.2, 0.25) is 0 Å². The molecule has 0 fully saturated rings. The van der Waals surface area contributed by atoms with Crippen molar-refractivity contribution >= 4 is 0 Å². The van der Waals surface area contributed by atoms with Gasteiger partial charge in [0.25, 0.3) is 0 Å². The van der Waals surface area contributed by atoms with Crippen LogP contribution in [0, 0.1) is 35.5 Å². The van der Waals surface area contributed by atoms with Gasteiger partial charge in [0.1, 0.15) is 0 Å². The molecule has 220 valence electrons. The topological polar surface area (TPSA) is 0 Å². The number of hydrogen-bond acceptors (Lipinski definition) is 0. The van der Waals surface area contributed by atoms with E-state index in [2.05, 4.69) is 114 Å². The maximum atomic E-state index is 2.61. The van der Waals surface area contributed by atoms with Gasteiger partial charge in [-0.05, 0) is 131 Å². The summed E-state index contributed by atoms with van der Waals surface area (Å²) in [7, 11) is 0. The van der Waals surface area contributed by atoms with Gasteiger partial charge in [0.2, 0.25) is 0 Å². The molecule has 0 amide bonds. The lowest BCUT2D eigenvalue weighted by molar-refractivity contribution is 0.593. The summed E-state index contributed by atoms with van der Waals surface area (Å²) in [5.41, 5.74) is 12.9. The van der Waals surface area contributed by atoms with E-state index in [0.29, 0.717) is 41.4 Å². The van der Waals surface area contributed by atoms with Gasteiger partial charge in [-0.15, -0.1) is 0 Å². The summed E-state index contributed by atoms with van der Waals surface area (Å²) in [4.78, 5) is 0. The summed E-state index contributed by atoms with van der Waals surface area (Å²) in [6.45, 7) is 31.1. The van der Waals surface area contributed by atoms with E-state index < -0.39 is 0 Å². The normalized spacial score (nSPS) is 13.2. The quantitative estimate of drug-likeness (QED) is 0.214. The lowest BCUT2D eigenvalue weighted by Crippen LogP contribution is -2.14. The third-order valence-electron chi connectivity index (χ3n) is 7.76. The Kier molecular flexibility index (Phi) is 13.3. The van der Waals surface area contributed by atoms with Gasteiger partial charge in [-0.25, -0.2) is 0 Å². The minimum absolute atomic E-state index is 0.517. The smallest absolute Gasteiger partial charge is 0.0147 e. The largest absolute Gasteiger partial charge is 0.0625 e. The number of rotatable bonds is 15. The van der Waals surface area contributed by atoms with Gasteiger partial charge >= 0.3 is 0 Å². The Morgan fingerprint density at radius 1 is 0.359 bits per heavy atom. The molecule has 2 aromatic carbocycles. The van der Waals surface area contributed by atoms with Crippen molar-refractivity contribution in [3.8, 4) is 0 Å². The van der Waals surface area contributed by atoms with Crippen molar-refractivity contribution in [3.05, 3.63) is 68.8 Å². The maximum Gasteiger partial charge on any atom is -0.0147 e. The van der Waals surface area contributed by atoms with Gasteiger partial charge in [-0.2, -0.15) is 0 Å². The van der Waals surface area contributed by atoms with Gasteiger partial charge in [0.05, 0.1) is 0 Å². The minimum Gasteiger partial charge on any atom is -0.0625 e. The molecule has 2 rings (SSSR count). The highest BCUT2D eigenvalue weighted by molar-refractivity contribution is 5.45. The van der Waals surface area contributed by atoms with E-state index in [-0.39, 0.29) is 0 Å². The van der Waals surface area contributed by atoms with Gasteiger partial charge in [0, 0.05) is 0 Å². The average Bonchev–Trinajstić information content (AvgIpc) is 2.75. The molecule has 0 heterocycles. The van der Waals surface area contributed by atoms with Crippen LogP contribution in [0.5, 0.6) is 0 Å². The molecule has 1 atom stereocenters. The van der Waals surface area contributed by atoms with Crippen molar-refractivity contribution in [2.75, 3.05) is 0 Å². The highest BCUT2D eigenvalue weighted by Gasteiger charge is 2.21. The van der Waals surface area contributed by atoms with Crippen molar-refractivity contribution in [1.82, 2.24) is 0 Å². The minimum atomic E-state index is 0.517. The van der Waals surface area contributed by atoms with Crippen molar-refractivity contribution in [2.45, 2.75) is 141 Å². The molecule has 2 aromatic rings. The van der Waals surface area contributed by atoms with E-state index in [1.165, 1.54) is 38.5 Å². The molecule has 0 saturated carbocycles. The van der Waals surface area contributed by atoms with Crippen molar-refractivity contribution < 1.29 is 0 Å². The standard InChI is InChI=1S/C39H64/c1-25(2)14-32-21-34(16-27(5)6)38(18-29(9)10)36(22-32)20-31(13)37-24-33(15-26(3)4)23-35(17-28(7)8)39(37)19-30(11)12/h21-31H,14-20H2,1-13H3. The van der Waals surface area contributed by atoms with E-state index >= 15 is 0 Å². The molecular weight excluding hydrogens is 468 g/mol. The Hall–Kier alpha value is -1.56. The summed E-state index contributed by atoms with van der Waals surface area (Å²) >= 11 is 0. The predicted octanol–water partition coefficient (Wildman–Crippen LogP) is 11.2. The zero-order chi connectivity index (χ0) is 29.4. The van der Waals surface area contributed by atoms with Gasteiger partial charge in [-0.3, -0.25) is 0 Å². The van der Waals surface area contributed by atoms with Gasteiger partial charge in [-0.1, -0.05) is 114 Å². The third-order valence-corrected chi connectivity index (χ3v) is 7.76. The summed E-state index contributed by atoms with van der Waals surface area (Å²) < 4.78 is 0. The molecule has 0 aliphatic rings. The van der Waals surface area contributed by atoms with Crippen LogP contribution in [-0.2, 0) is 44.9 Å². The highest BCUT2D eigenvalue weighted by Crippen LogP contribution is 2.34. The Bertz CT molecular complexity index is 1010. The van der Waals surface area contributed by atoms with E-state index in [1.807, 2.05) is 0 Å². The molecule has 0 spiro atoms. The van der Waals surface area contributed by atoms with E-state index in [9.17, 15) is 0 Å². The monoisotopic (exact) mass is 533 g/mol. The molecule has 0 aliphatic carbocycles. The van der Waals surface area contributed by atoms with Gasteiger partial charge in [0.15, 0.2) is 0 Å². The lowest BCUT2D eigenvalue weighted by Gasteiger charge is -2.26. The summed E-state index contributed by atoms with van der Waals surface area (Å²) in [6, 6.07) is 10.4. The fourth-order valence-electron chi connectivity index (χ4n) is 6.51. The fraction of sp³-hybridized carbons (Fsp3) is 0.692. The van der Waals surface area contributed by atoms with Crippen molar-refractivity contribution in [1.29, 1.82) is 0 Å². The highest BCUT2D eigenvalue weighted by atomic mass is 14.3. The summed E-state index contributed by atoms with van der Waals surface area (Å²) in [6.07, 6.45) is 8.26. The second-order valence-electron chi connectivity index (χ2n) is 15.4. The predicted molar refractivity (Wildman–Crippen MR) is 176 cm³/mol. The van der Waals surface area contributed by atoms with Crippen LogP contribution in [0.15, 0.2) is 24.3 Å². The van der Waals surface area contributed by atoms with Crippen LogP contribution in [0.3, 0.4) is 0 Å². The molecule has 1 unspecified atom stereocenters. The summed E-state index contributed by atoms with van der Waals surface area (Å²) in [5, 5.41) is 0. The molecule has 39 heavy (non-hydrogen) atoms. The van der Waals surface area contributed by atoms with E-state index in [1.54, 1.807) is 44.5 Å². The molecule has 0 radical (unpaired) electrons. The molecule has 0 saturated heterocycles. The first-order valence-electron chi connectivity index (χ1n) is 16.4. The molecule has 0 nitrogen and oxygen atoms in total. The van der Waals surface area contributed by atoms with Crippen LogP contribution in [-0.4, -0.2) is 0 Å². The van der Waals surface area contributed by atoms with Crippen LogP contribution in [0.1, 0.15) is 140 Å². The van der Waals surface area contributed by atoms with Gasteiger partial charge < -0.3 is 0 Å². The number of hydrogen-bond donors (Lipinski definition) is 0. The molecule has 0 aromatic heterocycles. The zero-order valence-electron chi connectivity index (χ0n) is 28.3. The van der Waals surface area contributed by atoms with Crippen molar-refractivity contribution in [2.24, 2.45) is 35.5 Å². The maximum absolute atomic E-state index is 2.61. The van der Waals surface area contributed by atoms with E-state index in [4.69, 9.17) is 0 Å². The number of benzene rings is 2. The first-order chi connectivity index (χ1) is 18.2. The zero-order valence-corrected chi connectivity index (χ0v) is 28.3. The van der Waals surface area contributed by atoms with Crippen LogP contribution < -0.4 is 0 Å². The average molecular weight is 533 g/mol. The Morgan fingerprint density at radius 3 is 1.10 bits per heavy atom. The fourth-order valence-corrected chi connectivity index (χ4v) is 6.51. The van der Waals surface area contributed by atoms with Crippen LogP contribution >= 0.6 is 0 Å². The first kappa shape index (κ1) is 33.6. The Labute approximate surface area is 244 Å². The van der Waals surface area contributed by atoms with Crippen LogP contribution in [0.4, 0.5) is 0 Å². The molecular formula is C39H64. The lowest BCUT2D eigenvalue weighted by atomic mass is 9.79. The molecule has 0 bridgehead atoms. The second kappa shape index (κ2) is 15.4. The Balaban J connectivity index is 2.70. The first-order valence-corrected chi connectivity index (χ1v) is 16.4.